The van der Waals surface area contributed by atoms with Crippen LogP contribution in [0.1, 0.15) is 36.2 Å². The highest BCUT2D eigenvalue weighted by Gasteiger charge is 2.21. The smallest absolute Gasteiger partial charge is 0.305 e. The zero-order chi connectivity index (χ0) is 14.6. The van der Waals surface area contributed by atoms with Gasteiger partial charge in [0.05, 0.1) is 12.0 Å². The Morgan fingerprint density at radius 1 is 1.32 bits per heavy atom. The molecule has 19 heavy (non-hydrogen) atoms. The molecular weight excluding hydrogens is 246 g/mol. The van der Waals surface area contributed by atoms with E-state index in [4.69, 9.17) is 5.11 Å². The third kappa shape index (κ3) is 4.28. The molecule has 0 fully saturated rings. The number of hydrogen-bond acceptors (Lipinski definition) is 3. The number of carbonyl (C=O) groups is 2. The Labute approximate surface area is 112 Å². The summed E-state index contributed by atoms with van der Waals surface area (Å²) in [6.45, 7) is 5.48. The molecule has 104 valence electrons. The lowest BCUT2D eigenvalue weighted by molar-refractivity contribution is -0.137. The maximum absolute atomic E-state index is 12.0. The first kappa shape index (κ1) is 15.0. The highest BCUT2D eigenvalue weighted by atomic mass is 16.4. The van der Waals surface area contributed by atoms with E-state index in [1.165, 1.54) is 12.1 Å². The number of carboxylic acid groups (broad SMARTS) is 1. The fourth-order valence-electron chi connectivity index (χ4n) is 1.72. The number of aryl methyl sites for hydroxylation is 1. The molecule has 1 rings (SSSR count). The number of benzene rings is 1. The van der Waals surface area contributed by atoms with E-state index in [-0.39, 0.29) is 23.7 Å². The van der Waals surface area contributed by atoms with Crippen molar-refractivity contribution >= 4 is 11.9 Å². The number of nitrogens with one attached hydrogen (secondary N) is 1. The molecule has 1 unspecified atom stereocenters. The first-order valence-corrected chi connectivity index (χ1v) is 6.13. The monoisotopic (exact) mass is 265 g/mol. The molecule has 1 atom stereocenters. The topological polar surface area (TPSA) is 86.6 Å². The van der Waals surface area contributed by atoms with E-state index in [1.807, 2.05) is 20.8 Å². The summed E-state index contributed by atoms with van der Waals surface area (Å²) in [6, 6.07) is 4.27. The first-order valence-electron chi connectivity index (χ1n) is 6.13. The molecular formula is C14H19NO4. The second-order valence-corrected chi connectivity index (χ2v) is 4.94. The van der Waals surface area contributed by atoms with Crippen molar-refractivity contribution in [2.75, 3.05) is 0 Å². The average molecular weight is 265 g/mol. The molecule has 0 aliphatic heterocycles. The van der Waals surface area contributed by atoms with Crippen molar-refractivity contribution in [1.29, 1.82) is 0 Å². The Bertz CT molecular complexity index is 482. The predicted octanol–water partition coefficient (Wildman–Crippen LogP) is 1.93. The highest BCUT2D eigenvalue weighted by Crippen LogP contribution is 2.19. The molecule has 0 aliphatic rings. The van der Waals surface area contributed by atoms with E-state index in [0.29, 0.717) is 0 Å². The number of carbonyl (C=O) groups excluding carboxylic acids is 1. The molecule has 1 aromatic rings. The minimum Gasteiger partial charge on any atom is -0.507 e. The molecule has 0 saturated carbocycles. The quantitative estimate of drug-likeness (QED) is 0.759. The number of aliphatic carboxylic acids is 1. The van der Waals surface area contributed by atoms with Crippen molar-refractivity contribution in [3.8, 4) is 5.75 Å². The van der Waals surface area contributed by atoms with Crippen LogP contribution in [0.3, 0.4) is 0 Å². The molecule has 1 aromatic carbocycles. The van der Waals surface area contributed by atoms with Gasteiger partial charge in [-0.25, -0.2) is 0 Å². The summed E-state index contributed by atoms with van der Waals surface area (Å²) in [7, 11) is 0. The third-order valence-electron chi connectivity index (χ3n) is 2.91. The number of aromatic hydroxyl groups is 1. The summed E-state index contributed by atoms with van der Waals surface area (Å²) in [5, 5.41) is 21.2. The van der Waals surface area contributed by atoms with Gasteiger partial charge in [0.1, 0.15) is 5.75 Å². The van der Waals surface area contributed by atoms with E-state index in [2.05, 4.69) is 5.32 Å². The number of phenolic OH excluding ortho intramolecular Hbond substituents is 1. The minimum atomic E-state index is -0.966. The zero-order valence-electron chi connectivity index (χ0n) is 11.3. The van der Waals surface area contributed by atoms with E-state index in [9.17, 15) is 14.7 Å². The molecule has 0 heterocycles. The van der Waals surface area contributed by atoms with Gasteiger partial charge in [0.25, 0.3) is 5.91 Å². The molecule has 0 aromatic heterocycles. The molecule has 3 N–H and O–H groups in total. The van der Waals surface area contributed by atoms with Gasteiger partial charge in [-0.3, -0.25) is 9.59 Å². The van der Waals surface area contributed by atoms with Crippen molar-refractivity contribution in [3.63, 3.8) is 0 Å². The lowest BCUT2D eigenvalue weighted by Gasteiger charge is -2.20. The van der Waals surface area contributed by atoms with Crippen LogP contribution in [-0.4, -0.2) is 28.1 Å². The molecule has 0 spiro atoms. The molecule has 0 saturated heterocycles. The van der Waals surface area contributed by atoms with Gasteiger partial charge in [-0.1, -0.05) is 19.9 Å². The van der Waals surface area contributed by atoms with Crippen LogP contribution in [0.2, 0.25) is 0 Å². The van der Waals surface area contributed by atoms with Crippen molar-refractivity contribution < 1.29 is 19.8 Å². The van der Waals surface area contributed by atoms with Gasteiger partial charge in [-0.2, -0.15) is 0 Å². The van der Waals surface area contributed by atoms with Gasteiger partial charge in [0.2, 0.25) is 0 Å². The van der Waals surface area contributed by atoms with Gasteiger partial charge in [0.15, 0.2) is 0 Å². The maximum Gasteiger partial charge on any atom is 0.305 e. The largest absolute Gasteiger partial charge is 0.507 e. The number of carboxylic acids is 1. The minimum absolute atomic E-state index is 0.00681. The molecule has 0 bridgehead atoms. The lowest BCUT2D eigenvalue weighted by Crippen LogP contribution is -2.40. The SMILES string of the molecule is Cc1ccc(C(=O)NC(CC(=O)O)C(C)C)c(O)c1. The average Bonchev–Trinajstić information content (AvgIpc) is 2.26. The second-order valence-electron chi connectivity index (χ2n) is 4.94. The van der Waals surface area contributed by atoms with Crippen molar-refractivity contribution in [2.45, 2.75) is 33.2 Å². The molecule has 1 amide bonds. The van der Waals surface area contributed by atoms with Crippen molar-refractivity contribution in [3.05, 3.63) is 29.3 Å². The normalized spacial score (nSPS) is 12.2. The van der Waals surface area contributed by atoms with Gasteiger partial charge in [-0.05, 0) is 30.5 Å². The first-order chi connectivity index (χ1) is 8.81. The Morgan fingerprint density at radius 3 is 2.42 bits per heavy atom. The van der Waals surface area contributed by atoms with E-state index < -0.39 is 17.9 Å². The van der Waals surface area contributed by atoms with Gasteiger partial charge in [0, 0.05) is 6.04 Å². The summed E-state index contributed by atoms with van der Waals surface area (Å²) in [5.74, 6) is -1.53. The molecule has 5 heteroatoms. The van der Waals surface area contributed by atoms with Crippen LogP contribution in [0.4, 0.5) is 0 Å². The summed E-state index contributed by atoms with van der Waals surface area (Å²) < 4.78 is 0. The van der Waals surface area contributed by atoms with Gasteiger partial charge in [-0.15, -0.1) is 0 Å². The van der Waals surface area contributed by atoms with Crippen LogP contribution >= 0.6 is 0 Å². The number of hydrogen-bond donors (Lipinski definition) is 3. The van der Waals surface area contributed by atoms with Crippen molar-refractivity contribution in [2.24, 2.45) is 5.92 Å². The van der Waals surface area contributed by atoms with Crippen molar-refractivity contribution in [1.82, 2.24) is 5.32 Å². The van der Waals surface area contributed by atoms with E-state index in [0.717, 1.165) is 5.56 Å². The summed E-state index contributed by atoms with van der Waals surface area (Å²) in [4.78, 5) is 22.8. The Hall–Kier alpha value is -2.04. The van der Waals surface area contributed by atoms with Gasteiger partial charge >= 0.3 is 5.97 Å². The lowest BCUT2D eigenvalue weighted by atomic mass is 10.00. The summed E-state index contributed by atoms with van der Waals surface area (Å²) in [6.07, 6.45) is -0.143. The maximum atomic E-state index is 12.0. The Morgan fingerprint density at radius 2 is 1.95 bits per heavy atom. The number of phenols is 1. The second kappa shape index (κ2) is 6.22. The highest BCUT2D eigenvalue weighted by molar-refractivity contribution is 5.97. The summed E-state index contributed by atoms with van der Waals surface area (Å²) >= 11 is 0. The van der Waals surface area contributed by atoms with Crippen LogP contribution in [0.15, 0.2) is 18.2 Å². The Kier molecular flexibility index (Phi) is 4.92. The van der Waals surface area contributed by atoms with Gasteiger partial charge < -0.3 is 15.5 Å². The van der Waals surface area contributed by atoms with Crippen LogP contribution in [0.25, 0.3) is 0 Å². The van der Waals surface area contributed by atoms with E-state index >= 15 is 0 Å². The Balaban J connectivity index is 2.84. The van der Waals surface area contributed by atoms with Crippen LogP contribution < -0.4 is 5.32 Å². The van der Waals surface area contributed by atoms with Crippen LogP contribution in [0.5, 0.6) is 5.75 Å². The number of rotatable bonds is 5. The third-order valence-corrected chi connectivity index (χ3v) is 2.91. The standard InChI is InChI=1S/C14H19NO4/c1-8(2)11(7-13(17)18)15-14(19)10-5-4-9(3)6-12(10)16/h4-6,8,11,16H,7H2,1-3H3,(H,15,19)(H,17,18). The van der Waals surface area contributed by atoms with Crippen LogP contribution in [-0.2, 0) is 4.79 Å². The fourth-order valence-corrected chi connectivity index (χ4v) is 1.72. The fraction of sp³-hybridized carbons (Fsp3) is 0.429. The van der Waals surface area contributed by atoms with Crippen LogP contribution in [0, 0.1) is 12.8 Å². The summed E-state index contributed by atoms with van der Waals surface area (Å²) in [5.41, 5.74) is 1.00. The van der Waals surface area contributed by atoms with E-state index in [1.54, 1.807) is 6.07 Å². The molecule has 0 radical (unpaired) electrons. The molecule has 5 nitrogen and oxygen atoms in total. The zero-order valence-corrected chi connectivity index (χ0v) is 11.3. The predicted molar refractivity (Wildman–Crippen MR) is 71.2 cm³/mol. The molecule has 0 aliphatic carbocycles. The number of amides is 1.